The van der Waals surface area contributed by atoms with E-state index in [1.165, 1.54) is 0 Å². The number of benzene rings is 1. The Kier molecular flexibility index (Phi) is 4.55. The molecule has 0 fully saturated rings. The summed E-state index contributed by atoms with van der Waals surface area (Å²) in [6.07, 6.45) is 0.250. The van der Waals surface area contributed by atoms with Crippen molar-refractivity contribution in [2.24, 2.45) is 5.73 Å². The SMILES string of the molecule is CC(C)c1c(CC(N)C(=O)O)c(Br)cc2c1OCCO2. The van der Waals surface area contributed by atoms with Crippen LogP contribution in [0.1, 0.15) is 30.9 Å². The van der Waals surface area contributed by atoms with Crippen molar-refractivity contribution >= 4 is 21.9 Å². The predicted molar refractivity (Wildman–Crippen MR) is 78.5 cm³/mol. The minimum Gasteiger partial charge on any atom is -0.486 e. The maximum atomic E-state index is 11.0. The summed E-state index contributed by atoms with van der Waals surface area (Å²) in [7, 11) is 0. The highest BCUT2D eigenvalue weighted by Crippen LogP contribution is 2.43. The first-order valence-electron chi connectivity index (χ1n) is 6.51. The third-order valence-electron chi connectivity index (χ3n) is 3.25. The third-order valence-corrected chi connectivity index (χ3v) is 3.95. The molecule has 1 aromatic carbocycles. The van der Waals surface area contributed by atoms with E-state index in [2.05, 4.69) is 15.9 Å². The number of hydrogen-bond acceptors (Lipinski definition) is 4. The summed E-state index contributed by atoms with van der Waals surface area (Å²) in [4.78, 5) is 11.0. The molecule has 1 heterocycles. The lowest BCUT2D eigenvalue weighted by molar-refractivity contribution is -0.138. The quantitative estimate of drug-likeness (QED) is 0.876. The zero-order valence-corrected chi connectivity index (χ0v) is 13.1. The van der Waals surface area contributed by atoms with E-state index in [-0.39, 0.29) is 12.3 Å². The Morgan fingerprint density at radius 3 is 2.70 bits per heavy atom. The van der Waals surface area contributed by atoms with Crippen LogP contribution in [-0.4, -0.2) is 30.3 Å². The lowest BCUT2D eigenvalue weighted by Crippen LogP contribution is -2.33. The fourth-order valence-electron chi connectivity index (χ4n) is 2.34. The number of carboxylic acids is 1. The van der Waals surface area contributed by atoms with Crippen molar-refractivity contribution in [3.63, 3.8) is 0 Å². The molecule has 0 amide bonds. The van der Waals surface area contributed by atoms with Gasteiger partial charge in [-0.3, -0.25) is 4.79 Å². The first kappa shape index (κ1) is 15.1. The number of aliphatic carboxylic acids is 1. The van der Waals surface area contributed by atoms with Gasteiger partial charge in [0, 0.05) is 10.0 Å². The van der Waals surface area contributed by atoms with Crippen molar-refractivity contribution in [1.29, 1.82) is 0 Å². The van der Waals surface area contributed by atoms with Gasteiger partial charge in [0.1, 0.15) is 19.3 Å². The Labute approximate surface area is 126 Å². The van der Waals surface area contributed by atoms with Crippen molar-refractivity contribution in [2.75, 3.05) is 13.2 Å². The Hall–Kier alpha value is -1.27. The van der Waals surface area contributed by atoms with Gasteiger partial charge < -0.3 is 20.3 Å². The standard InChI is InChI=1S/C14H18BrNO4/c1-7(2)12-8(5-10(16)14(17)18)9(15)6-11-13(12)20-4-3-19-11/h6-7,10H,3-5,16H2,1-2H3,(H,17,18). The molecule has 5 nitrogen and oxygen atoms in total. The monoisotopic (exact) mass is 343 g/mol. The molecule has 2 rings (SSSR count). The molecule has 1 aromatic rings. The normalized spacial score (nSPS) is 15.2. The Bertz CT molecular complexity index is 530. The highest BCUT2D eigenvalue weighted by atomic mass is 79.9. The van der Waals surface area contributed by atoms with Crippen LogP contribution in [0.3, 0.4) is 0 Å². The smallest absolute Gasteiger partial charge is 0.320 e. The highest BCUT2D eigenvalue weighted by molar-refractivity contribution is 9.10. The summed E-state index contributed by atoms with van der Waals surface area (Å²) < 4.78 is 12.1. The number of hydrogen-bond donors (Lipinski definition) is 2. The van der Waals surface area contributed by atoms with Crippen LogP contribution in [-0.2, 0) is 11.2 Å². The molecule has 0 spiro atoms. The van der Waals surface area contributed by atoms with Crippen molar-refractivity contribution in [2.45, 2.75) is 32.2 Å². The summed E-state index contributed by atoms with van der Waals surface area (Å²) in [5.74, 6) is 0.571. The Morgan fingerprint density at radius 2 is 2.10 bits per heavy atom. The van der Waals surface area contributed by atoms with Gasteiger partial charge in [-0.1, -0.05) is 29.8 Å². The van der Waals surface area contributed by atoms with E-state index in [1.54, 1.807) is 0 Å². The molecule has 0 aliphatic carbocycles. The average Bonchev–Trinajstić information content (AvgIpc) is 2.38. The molecule has 6 heteroatoms. The molecule has 0 saturated heterocycles. The van der Waals surface area contributed by atoms with Crippen molar-refractivity contribution in [1.82, 2.24) is 0 Å². The molecule has 20 heavy (non-hydrogen) atoms. The van der Waals surface area contributed by atoms with E-state index in [0.717, 1.165) is 15.6 Å². The van der Waals surface area contributed by atoms with Gasteiger partial charge in [0.2, 0.25) is 0 Å². The molecule has 3 N–H and O–H groups in total. The molecule has 0 saturated carbocycles. The second kappa shape index (κ2) is 6.01. The third kappa shape index (κ3) is 2.91. The minimum atomic E-state index is -1.01. The summed E-state index contributed by atoms with van der Waals surface area (Å²) in [5, 5.41) is 9.01. The van der Waals surface area contributed by atoms with E-state index in [9.17, 15) is 4.79 Å². The number of carbonyl (C=O) groups is 1. The summed E-state index contributed by atoms with van der Waals surface area (Å²) in [5.41, 5.74) is 7.51. The topological polar surface area (TPSA) is 81.8 Å². The molecule has 1 aliphatic heterocycles. The van der Waals surface area contributed by atoms with Crippen LogP contribution in [0.15, 0.2) is 10.5 Å². The van der Waals surface area contributed by atoms with Gasteiger partial charge in [-0.25, -0.2) is 0 Å². The number of carboxylic acid groups (broad SMARTS) is 1. The average molecular weight is 344 g/mol. The van der Waals surface area contributed by atoms with E-state index in [0.29, 0.717) is 24.7 Å². The van der Waals surface area contributed by atoms with Crippen molar-refractivity contribution in [3.05, 3.63) is 21.7 Å². The zero-order valence-electron chi connectivity index (χ0n) is 11.5. The van der Waals surface area contributed by atoms with E-state index in [4.69, 9.17) is 20.3 Å². The van der Waals surface area contributed by atoms with Gasteiger partial charge in [0.15, 0.2) is 11.5 Å². The fourth-order valence-corrected chi connectivity index (χ4v) is 2.93. The van der Waals surface area contributed by atoms with Gasteiger partial charge in [0.25, 0.3) is 0 Å². The molecule has 1 atom stereocenters. The molecule has 1 unspecified atom stereocenters. The second-order valence-electron chi connectivity index (χ2n) is 5.08. The number of rotatable bonds is 4. The van der Waals surface area contributed by atoms with E-state index in [1.807, 2.05) is 19.9 Å². The Morgan fingerprint density at radius 1 is 1.45 bits per heavy atom. The number of fused-ring (bicyclic) bond motifs is 1. The number of nitrogens with two attached hydrogens (primary N) is 1. The molecule has 0 radical (unpaired) electrons. The number of ether oxygens (including phenoxy) is 2. The van der Waals surface area contributed by atoms with Gasteiger partial charge in [-0.15, -0.1) is 0 Å². The Balaban J connectivity index is 2.51. The van der Waals surface area contributed by atoms with Gasteiger partial charge in [0.05, 0.1) is 0 Å². The van der Waals surface area contributed by atoms with Gasteiger partial charge >= 0.3 is 5.97 Å². The first-order valence-corrected chi connectivity index (χ1v) is 7.30. The lowest BCUT2D eigenvalue weighted by Gasteiger charge is -2.26. The minimum absolute atomic E-state index is 0.180. The van der Waals surface area contributed by atoms with Gasteiger partial charge in [-0.05, 0) is 24.0 Å². The summed E-state index contributed by atoms with van der Waals surface area (Å²) in [6, 6.07) is 0.885. The first-order chi connectivity index (χ1) is 9.41. The van der Waals surface area contributed by atoms with Crippen LogP contribution in [0.4, 0.5) is 0 Å². The highest BCUT2D eigenvalue weighted by Gasteiger charge is 2.26. The van der Waals surface area contributed by atoms with E-state index >= 15 is 0 Å². The van der Waals surface area contributed by atoms with E-state index < -0.39 is 12.0 Å². The van der Waals surface area contributed by atoms with Gasteiger partial charge in [-0.2, -0.15) is 0 Å². The molecular formula is C14H18BrNO4. The summed E-state index contributed by atoms with van der Waals surface area (Å²) in [6.45, 7) is 5.09. The molecule has 1 aliphatic rings. The maximum absolute atomic E-state index is 11.0. The van der Waals surface area contributed by atoms with Crippen molar-refractivity contribution in [3.8, 4) is 11.5 Å². The van der Waals surface area contributed by atoms with Crippen LogP contribution < -0.4 is 15.2 Å². The fraction of sp³-hybridized carbons (Fsp3) is 0.500. The van der Waals surface area contributed by atoms with Crippen LogP contribution in [0, 0.1) is 0 Å². The number of halogens is 1. The molecule has 0 bridgehead atoms. The van der Waals surface area contributed by atoms with Crippen LogP contribution >= 0.6 is 15.9 Å². The largest absolute Gasteiger partial charge is 0.486 e. The predicted octanol–water partition coefficient (Wildman–Crippen LogP) is 2.30. The van der Waals surface area contributed by atoms with Crippen LogP contribution in [0.2, 0.25) is 0 Å². The second-order valence-corrected chi connectivity index (χ2v) is 5.93. The van der Waals surface area contributed by atoms with Crippen molar-refractivity contribution < 1.29 is 19.4 Å². The summed E-state index contributed by atoms with van der Waals surface area (Å²) >= 11 is 3.49. The van der Waals surface area contributed by atoms with Crippen LogP contribution in [0.25, 0.3) is 0 Å². The maximum Gasteiger partial charge on any atom is 0.320 e. The molecule has 110 valence electrons. The zero-order chi connectivity index (χ0) is 14.9. The molecule has 0 aromatic heterocycles. The molecular weight excluding hydrogens is 326 g/mol. The van der Waals surface area contributed by atoms with Crippen LogP contribution in [0.5, 0.6) is 11.5 Å². The lowest BCUT2D eigenvalue weighted by atomic mass is 9.91.